The van der Waals surface area contributed by atoms with Crippen LogP contribution >= 0.6 is 0 Å². The van der Waals surface area contributed by atoms with Crippen molar-refractivity contribution in [2.75, 3.05) is 46.4 Å². The average molecular weight is 378 g/mol. The molecule has 7 heteroatoms. The zero-order chi connectivity index (χ0) is 19.3. The Balaban J connectivity index is 1.55. The summed E-state index contributed by atoms with van der Waals surface area (Å²) in [5, 5.41) is 7.54. The van der Waals surface area contributed by atoms with Crippen LogP contribution in [0, 0.1) is 5.41 Å². The van der Waals surface area contributed by atoms with Crippen LogP contribution in [0.2, 0.25) is 0 Å². The van der Waals surface area contributed by atoms with Gasteiger partial charge in [-0.25, -0.2) is 0 Å². The summed E-state index contributed by atoms with van der Waals surface area (Å²) in [7, 11) is 1.53. The minimum Gasteiger partial charge on any atom is -0.375 e. The number of nitrogens with one attached hydrogen (secondary N) is 1. The van der Waals surface area contributed by atoms with Gasteiger partial charge < -0.3 is 15.0 Å². The second-order valence-corrected chi connectivity index (χ2v) is 8.77. The van der Waals surface area contributed by atoms with E-state index >= 15 is 0 Å². The average Bonchev–Trinajstić information content (AvgIpc) is 3.19. The molecule has 3 heterocycles. The highest BCUT2D eigenvalue weighted by molar-refractivity contribution is 5.77. The number of amides is 1. The summed E-state index contributed by atoms with van der Waals surface area (Å²) in [6.45, 7) is 13.1. The van der Waals surface area contributed by atoms with E-state index < -0.39 is 0 Å². The van der Waals surface area contributed by atoms with Gasteiger partial charge in [0, 0.05) is 39.8 Å². The first-order chi connectivity index (χ1) is 12.9. The van der Waals surface area contributed by atoms with Gasteiger partial charge in [0.15, 0.2) is 0 Å². The summed E-state index contributed by atoms with van der Waals surface area (Å²) in [6, 6.07) is 2.14. The first-order valence-electron chi connectivity index (χ1n) is 10.2. The van der Waals surface area contributed by atoms with E-state index in [9.17, 15) is 4.79 Å². The molecule has 1 amide bonds. The van der Waals surface area contributed by atoms with Crippen molar-refractivity contribution in [3.8, 4) is 0 Å². The number of likely N-dealkylation sites (tertiary alicyclic amines) is 1. The number of methoxy groups -OCH3 is 1. The van der Waals surface area contributed by atoms with Gasteiger partial charge in [-0.1, -0.05) is 13.8 Å². The zero-order valence-electron chi connectivity index (χ0n) is 17.2. The van der Waals surface area contributed by atoms with Gasteiger partial charge >= 0.3 is 0 Å². The van der Waals surface area contributed by atoms with Gasteiger partial charge in [0.25, 0.3) is 0 Å². The lowest BCUT2D eigenvalue weighted by atomic mass is 9.91. The molecule has 2 aliphatic rings. The maximum Gasteiger partial charge on any atom is 0.246 e. The summed E-state index contributed by atoms with van der Waals surface area (Å²) in [5.41, 5.74) is 2.46. The SMILES string of the molecule is COCC(=O)NCc1cc2n(n1)CCCN(CC(C)(C)CN1CCCC1)C2. The van der Waals surface area contributed by atoms with Crippen LogP contribution < -0.4 is 5.32 Å². The molecule has 0 spiro atoms. The molecule has 0 atom stereocenters. The summed E-state index contributed by atoms with van der Waals surface area (Å²) >= 11 is 0. The predicted molar refractivity (Wildman–Crippen MR) is 105 cm³/mol. The largest absolute Gasteiger partial charge is 0.375 e. The van der Waals surface area contributed by atoms with E-state index in [0.717, 1.165) is 38.3 Å². The van der Waals surface area contributed by atoms with E-state index in [1.807, 2.05) is 0 Å². The maximum atomic E-state index is 11.6. The number of aromatic nitrogens is 2. The number of rotatable bonds is 8. The summed E-state index contributed by atoms with van der Waals surface area (Å²) in [6.07, 6.45) is 3.81. The van der Waals surface area contributed by atoms with Crippen molar-refractivity contribution in [3.05, 3.63) is 17.5 Å². The van der Waals surface area contributed by atoms with Crippen molar-refractivity contribution in [2.24, 2.45) is 5.41 Å². The normalized spacial score (nSPS) is 19.1. The Morgan fingerprint density at radius 3 is 2.59 bits per heavy atom. The molecule has 0 unspecified atom stereocenters. The van der Waals surface area contributed by atoms with E-state index in [4.69, 9.17) is 4.74 Å². The Bertz CT molecular complexity index is 622. The molecule has 3 rings (SSSR count). The van der Waals surface area contributed by atoms with E-state index in [1.54, 1.807) is 0 Å². The molecule has 1 aromatic rings. The van der Waals surface area contributed by atoms with Crippen molar-refractivity contribution in [3.63, 3.8) is 0 Å². The van der Waals surface area contributed by atoms with Crippen LogP contribution in [0.5, 0.6) is 0 Å². The van der Waals surface area contributed by atoms with Crippen LogP contribution in [0.3, 0.4) is 0 Å². The number of hydrogen-bond acceptors (Lipinski definition) is 5. The maximum absolute atomic E-state index is 11.6. The summed E-state index contributed by atoms with van der Waals surface area (Å²) in [5.74, 6) is -0.106. The Hall–Kier alpha value is -1.44. The van der Waals surface area contributed by atoms with Crippen molar-refractivity contribution >= 4 is 5.91 Å². The molecule has 0 aromatic carbocycles. The minimum atomic E-state index is -0.106. The van der Waals surface area contributed by atoms with Gasteiger partial charge in [0.2, 0.25) is 5.91 Å². The highest BCUT2D eigenvalue weighted by atomic mass is 16.5. The molecular formula is C20H35N5O2. The number of carbonyl (C=O) groups excluding carboxylic acids is 1. The molecule has 0 bridgehead atoms. The van der Waals surface area contributed by atoms with Crippen molar-refractivity contribution in [1.82, 2.24) is 24.9 Å². The van der Waals surface area contributed by atoms with Gasteiger partial charge in [-0.05, 0) is 43.8 Å². The molecule has 27 heavy (non-hydrogen) atoms. The number of ether oxygens (including phenoxy) is 1. The zero-order valence-corrected chi connectivity index (χ0v) is 17.2. The fourth-order valence-electron chi connectivity index (χ4n) is 4.38. The molecule has 1 aromatic heterocycles. The van der Waals surface area contributed by atoms with E-state index in [-0.39, 0.29) is 17.9 Å². The van der Waals surface area contributed by atoms with Crippen LogP contribution in [0.15, 0.2) is 6.07 Å². The van der Waals surface area contributed by atoms with Crippen LogP contribution in [0.4, 0.5) is 0 Å². The highest BCUT2D eigenvalue weighted by Gasteiger charge is 2.27. The molecule has 1 N–H and O–H groups in total. The Morgan fingerprint density at radius 1 is 1.15 bits per heavy atom. The molecule has 0 radical (unpaired) electrons. The van der Waals surface area contributed by atoms with E-state index in [2.05, 4.69) is 44.8 Å². The number of nitrogens with zero attached hydrogens (tertiary/aromatic N) is 4. The summed E-state index contributed by atoms with van der Waals surface area (Å²) in [4.78, 5) is 16.8. The lowest BCUT2D eigenvalue weighted by Crippen LogP contribution is -2.41. The molecule has 0 saturated carbocycles. The molecular weight excluding hydrogens is 342 g/mol. The lowest BCUT2D eigenvalue weighted by Gasteiger charge is -2.35. The fourth-order valence-corrected chi connectivity index (χ4v) is 4.38. The summed E-state index contributed by atoms with van der Waals surface area (Å²) < 4.78 is 6.97. The number of carbonyl (C=O) groups is 1. The monoisotopic (exact) mass is 377 g/mol. The standard InChI is InChI=1S/C20H35N5O2/c1-20(2,15-23-7-4-5-8-23)16-24-9-6-10-25-18(13-24)11-17(22-25)12-21-19(26)14-27-3/h11H,4-10,12-16H2,1-3H3,(H,21,26). The molecule has 152 valence electrons. The van der Waals surface area contributed by atoms with Crippen LogP contribution in [-0.2, 0) is 29.2 Å². The van der Waals surface area contributed by atoms with Gasteiger partial charge in [-0.3, -0.25) is 14.4 Å². The molecule has 0 aliphatic carbocycles. The molecule has 7 nitrogen and oxygen atoms in total. The number of fused-ring (bicyclic) bond motifs is 1. The van der Waals surface area contributed by atoms with E-state index in [0.29, 0.717) is 6.54 Å². The van der Waals surface area contributed by atoms with Gasteiger partial charge in [-0.2, -0.15) is 5.10 Å². The van der Waals surface area contributed by atoms with Crippen LogP contribution in [0.1, 0.15) is 44.5 Å². The first-order valence-corrected chi connectivity index (χ1v) is 10.2. The lowest BCUT2D eigenvalue weighted by molar-refractivity contribution is -0.124. The van der Waals surface area contributed by atoms with Crippen LogP contribution in [0.25, 0.3) is 0 Å². The topological polar surface area (TPSA) is 62.6 Å². The number of hydrogen-bond donors (Lipinski definition) is 1. The van der Waals surface area contributed by atoms with Gasteiger partial charge in [0.1, 0.15) is 6.61 Å². The van der Waals surface area contributed by atoms with Crippen molar-refractivity contribution in [2.45, 2.75) is 52.7 Å². The molecule has 2 aliphatic heterocycles. The third-order valence-corrected chi connectivity index (χ3v) is 5.39. The van der Waals surface area contributed by atoms with Crippen LogP contribution in [-0.4, -0.2) is 71.9 Å². The highest BCUT2D eigenvalue weighted by Crippen LogP contribution is 2.24. The van der Waals surface area contributed by atoms with Gasteiger partial charge in [-0.15, -0.1) is 0 Å². The van der Waals surface area contributed by atoms with Gasteiger partial charge in [0.05, 0.1) is 17.9 Å². The number of aryl methyl sites for hydroxylation is 1. The fraction of sp³-hybridized carbons (Fsp3) is 0.800. The molecule has 1 saturated heterocycles. The van der Waals surface area contributed by atoms with E-state index in [1.165, 1.54) is 45.3 Å². The second-order valence-electron chi connectivity index (χ2n) is 8.77. The Morgan fingerprint density at radius 2 is 1.85 bits per heavy atom. The third-order valence-electron chi connectivity index (χ3n) is 5.39. The smallest absolute Gasteiger partial charge is 0.246 e. The molecule has 1 fully saturated rings. The predicted octanol–water partition coefficient (Wildman–Crippen LogP) is 1.47. The van der Waals surface area contributed by atoms with Crippen molar-refractivity contribution < 1.29 is 9.53 Å². The van der Waals surface area contributed by atoms with Crippen molar-refractivity contribution in [1.29, 1.82) is 0 Å². The quantitative estimate of drug-likeness (QED) is 0.743. The second kappa shape index (κ2) is 9.17. The third kappa shape index (κ3) is 6.02. The first kappa shape index (κ1) is 20.3. The Labute approximate surface area is 163 Å². The minimum absolute atomic E-state index is 0.0907. The Kier molecular flexibility index (Phi) is 6.89.